The lowest BCUT2D eigenvalue weighted by Gasteiger charge is -2.18. The molecule has 6 heteroatoms. The van der Waals surface area contributed by atoms with E-state index in [2.05, 4.69) is 69.4 Å². The van der Waals surface area contributed by atoms with Crippen LogP contribution in [0.4, 0.5) is 0 Å². The van der Waals surface area contributed by atoms with Gasteiger partial charge in [-0.3, -0.25) is 14.4 Å². The molecule has 0 radical (unpaired) electrons. The molecule has 0 bridgehead atoms. The molecule has 0 aromatic heterocycles. The molecule has 0 aliphatic heterocycles. The molecule has 0 heterocycles. The third-order valence-electron chi connectivity index (χ3n) is 9.05. The van der Waals surface area contributed by atoms with E-state index in [9.17, 15) is 14.4 Å². The van der Waals surface area contributed by atoms with Crippen LogP contribution >= 0.6 is 0 Å². The maximum atomic E-state index is 12.6. The minimum atomic E-state index is -0.778. The van der Waals surface area contributed by atoms with Gasteiger partial charge in [0, 0.05) is 19.3 Å². The van der Waals surface area contributed by atoms with Crippen molar-refractivity contribution in [2.45, 2.75) is 213 Å². The lowest BCUT2D eigenvalue weighted by Crippen LogP contribution is -2.30. The molecule has 0 saturated carbocycles. The molecular weight excluding hydrogens is 648 g/mol. The summed E-state index contributed by atoms with van der Waals surface area (Å²) in [6.07, 6.45) is 46.7. The standard InChI is InChI=1S/C46H80O6/c1-4-7-10-13-16-19-21-22-23-24-25-28-30-33-36-39-45(48)51-42-43(41-50-44(47)38-35-32-29-26-18-15-12-9-6-3)52-46(49)40-37-34-31-27-20-17-14-11-8-5-2/h7,10-11,14,16,19,22-23,43H,4-6,8-9,12-13,15,17-18,20-21,24-42H2,1-3H3/b10-7-,14-11-,19-16-,23-22-. The van der Waals surface area contributed by atoms with Gasteiger partial charge in [-0.05, 0) is 70.6 Å². The van der Waals surface area contributed by atoms with E-state index in [0.29, 0.717) is 19.3 Å². The monoisotopic (exact) mass is 729 g/mol. The third kappa shape index (κ3) is 38.6. The number of esters is 3. The maximum absolute atomic E-state index is 12.6. The van der Waals surface area contributed by atoms with Gasteiger partial charge in [-0.1, -0.05) is 166 Å². The molecule has 0 aliphatic rings. The normalized spacial score (nSPS) is 12.4. The van der Waals surface area contributed by atoms with Crippen LogP contribution in [0.5, 0.6) is 0 Å². The van der Waals surface area contributed by atoms with Crippen LogP contribution in [0.3, 0.4) is 0 Å². The summed E-state index contributed by atoms with van der Waals surface area (Å²) in [7, 11) is 0. The van der Waals surface area contributed by atoms with Crippen molar-refractivity contribution >= 4 is 17.9 Å². The van der Waals surface area contributed by atoms with Crippen molar-refractivity contribution in [2.24, 2.45) is 0 Å². The van der Waals surface area contributed by atoms with E-state index in [1.165, 1.54) is 51.4 Å². The van der Waals surface area contributed by atoms with Crippen LogP contribution in [0.15, 0.2) is 48.6 Å². The van der Waals surface area contributed by atoms with Gasteiger partial charge in [0.2, 0.25) is 0 Å². The van der Waals surface area contributed by atoms with Crippen LogP contribution in [0.25, 0.3) is 0 Å². The Morgan fingerprint density at radius 3 is 1.27 bits per heavy atom. The summed E-state index contributed by atoms with van der Waals surface area (Å²) in [5.41, 5.74) is 0. The summed E-state index contributed by atoms with van der Waals surface area (Å²) in [6.45, 7) is 6.40. The quantitative estimate of drug-likeness (QED) is 0.0272. The molecular formula is C46H80O6. The van der Waals surface area contributed by atoms with Gasteiger partial charge in [0.1, 0.15) is 13.2 Å². The first-order valence-corrected chi connectivity index (χ1v) is 21.6. The first-order valence-electron chi connectivity index (χ1n) is 21.6. The van der Waals surface area contributed by atoms with Gasteiger partial charge in [-0.15, -0.1) is 0 Å². The third-order valence-corrected chi connectivity index (χ3v) is 9.05. The van der Waals surface area contributed by atoms with Crippen molar-refractivity contribution in [1.82, 2.24) is 0 Å². The highest BCUT2D eigenvalue weighted by Crippen LogP contribution is 2.13. The fourth-order valence-electron chi connectivity index (χ4n) is 5.81. The molecule has 52 heavy (non-hydrogen) atoms. The smallest absolute Gasteiger partial charge is 0.306 e. The van der Waals surface area contributed by atoms with E-state index in [0.717, 1.165) is 116 Å². The molecule has 0 N–H and O–H groups in total. The second kappa shape index (κ2) is 41.1. The number of rotatable bonds is 38. The fraction of sp³-hybridized carbons (Fsp3) is 0.761. The number of ether oxygens (including phenoxy) is 3. The summed E-state index contributed by atoms with van der Waals surface area (Å²) in [5, 5.41) is 0. The van der Waals surface area contributed by atoms with Crippen molar-refractivity contribution in [1.29, 1.82) is 0 Å². The van der Waals surface area contributed by atoms with Crippen LogP contribution in [-0.4, -0.2) is 37.2 Å². The number of hydrogen-bond donors (Lipinski definition) is 0. The Labute approximate surface area is 320 Å². The van der Waals surface area contributed by atoms with Crippen molar-refractivity contribution < 1.29 is 28.6 Å². The second-order valence-electron chi connectivity index (χ2n) is 14.2. The minimum Gasteiger partial charge on any atom is -0.462 e. The highest BCUT2D eigenvalue weighted by molar-refractivity contribution is 5.71. The van der Waals surface area contributed by atoms with Crippen LogP contribution in [0.2, 0.25) is 0 Å². The zero-order valence-corrected chi connectivity index (χ0v) is 34.1. The van der Waals surface area contributed by atoms with E-state index < -0.39 is 6.10 Å². The van der Waals surface area contributed by atoms with Crippen molar-refractivity contribution in [3.05, 3.63) is 48.6 Å². The predicted molar refractivity (Wildman–Crippen MR) is 219 cm³/mol. The molecule has 0 aromatic carbocycles. The summed E-state index contributed by atoms with van der Waals surface area (Å²) < 4.78 is 16.6. The van der Waals surface area contributed by atoms with Crippen LogP contribution in [0.1, 0.15) is 207 Å². The van der Waals surface area contributed by atoms with Gasteiger partial charge >= 0.3 is 17.9 Å². The topological polar surface area (TPSA) is 78.9 Å². The molecule has 300 valence electrons. The average Bonchev–Trinajstić information content (AvgIpc) is 3.14. The first kappa shape index (κ1) is 49.4. The predicted octanol–water partition coefficient (Wildman–Crippen LogP) is 13.6. The van der Waals surface area contributed by atoms with Gasteiger partial charge in [0.05, 0.1) is 0 Å². The SMILES string of the molecule is CC/C=C\C/C=C\C/C=C\CCCCCCCC(=O)OCC(COC(=O)CCCCCCCCCCC)OC(=O)CCCCCCC/C=C\CCC. The molecule has 1 unspecified atom stereocenters. The fourth-order valence-corrected chi connectivity index (χ4v) is 5.81. The lowest BCUT2D eigenvalue weighted by molar-refractivity contribution is -0.167. The number of allylic oxidation sites excluding steroid dienone is 8. The van der Waals surface area contributed by atoms with Crippen molar-refractivity contribution in [3.63, 3.8) is 0 Å². The van der Waals surface area contributed by atoms with E-state index in [-0.39, 0.29) is 31.1 Å². The summed E-state index contributed by atoms with van der Waals surface area (Å²) >= 11 is 0. The van der Waals surface area contributed by atoms with E-state index in [1.807, 2.05) is 0 Å². The Kier molecular flexibility index (Phi) is 39.1. The lowest BCUT2D eigenvalue weighted by atomic mass is 10.1. The van der Waals surface area contributed by atoms with E-state index in [4.69, 9.17) is 14.2 Å². The van der Waals surface area contributed by atoms with Gasteiger partial charge in [0.15, 0.2) is 6.10 Å². The van der Waals surface area contributed by atoms with E-state index in [1.54, 1.807) is 0 Å². The molecule has 0 saturated heterocycles. The highest BCUT2D eigenvalue weighted by atomic mass is 16.6. The first-order chi connectivity index (χ1) is 25.5. The zero-order valence-electron chi connectivity index (χ0n) is 34.1. The molecule has 0 fully saturated rings. The molecule has 6 nitrogen and oxygen atoms in total. The maximum Gasteiger partial charge on any atom is 0.306 e. The largest absolute Gasteiger partial charge is 0.462 e. The van der Waals surface area contributed by atoms with Gasteiger partial charge in [-0.2, -0.15) is 0 Å². The Morgan fingerprint density at radius 1 is 0.404 bits per heavy atom. The van der Waals surface area contributed by atoms with Crippen molar-refractivity contribution in [2.75, 3.05) is 13.2 Å². The summed E-state index contributed by atoms with van der Waals surface area (Å²) in [6, 6.07) is 0. The second-order valence-corrected chi connectivity index (χ2v) is 14.2. The van der Waals surface area contributed by atoms with E-state index >= 15 is 0 Å². The number of carbonyl (C=O) groups excluding carboxylic acids is 3. The molecule has 0 aromatic rings. The van der Waals surface area contributed by atoms with Gasteiger partial charge < -0.3 is 14.2 Å². The molecule has 1 atom stereocenters. The zero-order chi connectivity index (χ0) is 38.0. The molecule has 0 amide bonds. The molecule has 0 spiro atoms. The molecule has 0 aliphatic carbocycles. The average molecular weight is 729 g/mol. The number of unbranched alkanes of at least 4 members (excludes halogenated alkanes) is 19. The number of hydrogen-bond acceptors (Lipinski definition) is 6. The molecule has 0 rings (SSSR count). The van der Waals surface area contributed by atoms with Crippen LogP contribution in [-0.2, 0) is 28.6 Å². The Bertz CT molecular complexity index is 933. The Hall–Kier alpha value is -2.63. The minimum absolute atomic E-state index is 0.0815. The van der Waals surface area contributed by atoms with Crippen molar-refractivity contribution in [3.8, 4) is 0 Å². The van der Waals surface area contributed by atoms with Crippen LogP contribution < -0.4 is 0 Å². The Balaban J connectivity index is 4.37. The summed E-state index contributed by atoms with van der Waals surface area (Å²) in [5.74, 6) is -0.917. The highest BCUT2D eigenvalue weighted by Gasteiger charge is 2.19. The Morgan fingerprint density at radius 2 is 0.788 bits per heavy atom. The summed E-state index contributed by atoms with van der Waals surface area (Å²) in [4.78, 5) is 37.6. The van der Waals surface area contributed by atoms with Gasteiger partial charge in [-0.25, -0.2) is 0 Å². The van der Waals surface area contributed by atoms with Crippen LogP contribution in [0, 0.1) is 0 Å². The number of carbonyl (C=O) groups is 3. The van der Waals surface area contributed by atoms with Gasteiger partial charge in [0.25, 0.3) is 0 Å².